The molecule has 0 aliphatic carbocycles. The Kier molecular flexibility index (Phi) is 10.8. The lowest BCUT2D eigenvalue weighted by atomic mass is 10.0. The Morgan fingerprint density at radius 1 is 0.950 bits per heavy atom. The molecule has 0 aliphatic heterocycles. The average Bonchev–Trinajstić information content (AvgIpc) is 2.89. The van der Waals surface area contributed by atoms with Gasteiger partial charge < -0.3 is 10.2 Å². The maximum absolute atomic E-state index is 14.1. The Bertz CT molecular complexity index is 1410. The molecule has 40 heavy (non-hydrogen) atoms. The van der Waals surface area contributed by atoms with Crippen LogP contribution in [0.3, 0.4) is 0 Å². The van der Waals surface area contributed by atoms with Gasteiger partial charge >= 0.3 is 0 Å². The van der Waals surface area contributed by atoms with Gasteiger partial charge in [-0.05, 0) is 67.6 Å². The summed E-state index contributed by atoms with van der Waals surface area (Å²) < 4.78 is 27.0. The average molecular weight is 584 g/mol. The fraction of sp³-hybridized carbons (Fsp3) is 0.355. The predicted octanol–water partition coefficient (Wildman–Crippen LogP) is 5.28. The maximum atomic E-state index is 14.1. The summed E-state index contributed by atoms with van der Waals surface area (Å²) in [6.07, 6.45) is 2.05. The minimum Gasteiger partial charge on any atom is -0.352 e. The second kappa shape index (κ2) is 13.8. The van der Waals surface area contributed by atoms with Crippen LogP contribution in [0.25, 0.3) is 0 Å². The van der Waals surface area contributed by atoms with Crippen molar-refractivity contribution in [2.75, 3.05) is 17.1 Å². The number of benzene rings is 3. The summed E-state index contributed by atoms with van der Waals surface area (Å²) in [5.41, 5.74) is 3.68. The number of halogens is 1. The molecule has 0 radical (unpaired) electrons. The second-order valence-electron chi connectivity index (χ2n) is 10.3. The summed E-state index contributed by atoms with van der Waals surface area (Å²) in [5, 5.41) is 3.47. The monoisotopic (exact) mass is 583 g/mol. The van der Waals surface area contributed by atoms with Crippen molar-refractivity contribution < 1.29 is 18.0 Å². The van der Waals surface area contributed by atoms with E-state index in [1.54, 1.807) is 30.3 Å². The van der Waals surface area contributed by atoms with E-state index in [-0.39, 0.29) is 24.9 Å². The number of hydrogen-bond donors (Lipinski definition) is 1. The molecule has 2 atom stereocenters. The Balaban J connectivity index is 2.09. The third kappa shape index (κ3) is 8.57. The van der Waals surface area contributed by atoms with E-state index in [4.69, 9.17) is 11.6 Å². The zero-order chi connectivity index (χ0) is 29.4. The third-order valence-electron chi connectivity index (χ3n) is 6.74. The molecular weight excluding hydrogens is 546 g/mol. The lowest BCUT2D eigenvalue weighted by Crippen LogP contribution is -2.54. The molecule has 3 rings (SSSR count). The summed E-state index contributed by atoms with van der Waals surface area (Å²) in [4.78, 5) is 29.3. The van der Waals surface area contributed by atoms with Crippen LogP contribution < -0.4 is 9.62 Å². The van der Waals surface area contributed by atoms with Crippen LogP contribution in [0, 0.1) is 13.8 Å². The van der Waals surface area contributed by atoms with E-state index in [9.17, 15) is 18.0 Å². The maximum Gasteiger partial charge on any atom is 0.244 e. The topological polar surface area (TPSA) is 86.8 Å². The number of aryl methyl sites for hydroxylation is 2. The van der Waals surface area contributed by atoms with Gasteiger partial charge in [0.1, 0.15) is 12.6 Å². The number of anilines is 1. The van der Waals surface area contributed by atoms with Crippen molar-refractivity contribution in [3.8, 4) is 0 Å². The molecule has 3 aromatic carbocycles. The minimum absolute atomic E-state index is 0.0361. The van der Waals surface area contributed by atoms with Crippen molar-refractivity contribution in [3.05, 3.63) is 100 Å². The fourth-order valence-corrected chi connectivity index (χ4v) is 5.54. The Morgan fingerprint density at radius 3 is 2.12 bits per heavy atom. The lowest BCUT2D eigenvalue weighted by molar-refractivity contribution is -0.140. The number of amides is 2. The number of carbonyl (C=O) groups excluding carboxylic acids is 2. The summed E-state index contributed by atoms with van der Waals surface area (Å²) in [5.74, 6) is -0.819. The molecule has 7 nitrogen and oxygen atoms in total. The van der Waals surface area contributed by atoms with E-state index >= 15 is 0 Å². The minimum atomic E-state index is -3.83. The van der Waals surface area contributed by atoms with Crippen LogP contribution in [-0.4, -0.2) is 50.0 Å². The first-order valence-corrected chi connectivity index (χ1v) is 15.5. The van der Waals surface area contributed by atoms with Gasteiger partial charge in [-0.1, -0.05) is 73.1 Å². The summed E-state index contributed by atoms with van der Waals surface area (Å²) in [6.45, 7) is 7.19. The van der Waals surface area contributed by atoms with Gasteiger partial charge in [-0.3, -0.25) is 13.9 Å². The van der Waals surface area contributed by atoms with Crippen LogP contribution in [-0.2, 0) is 32.6 Å². The highest BCUT2D eigenvalue weighted by molar-refractivity contribution is 7.92. The number of hydrogen-bond acceptors (Lipinski definition) is 4. The Labute approximate surface area is 243 Å². The van der Waals surface area contributed by atoms with Gasteiger partial charge in [-0.15, -0.1) is 0 Å². The Morgan fingerprint density at radius 2 is 1.55 bits per heavy atom. The lowest BCUT2D eigenvalue weighted by Gasteiger charge is -2.34. The largest absolute Gasteiger partial charge is 0.352 e. The van der Waals surface area contributed by atoms with Crippen LogP contribution in [0.5, 0.6) is 0 Å². The van der Waals surface area contributed by atoms with Crippen LogP contribution >= 0.6 is 11.6 Å². The first kappa shape index (κ1) is 31.2. The highest BCUT2D eigenvalue weighted by Gasteiger charge is 2.33. The smallest absolute Gasteiger partial charge is 0.244 e. The van der Waals surface area contributed by atoms with Crippen LogP contribution in [0.15, 0.2) is 72.8 Å². The molecule has 9 heteroatoms. The van der Waals surface area contributed by atoms with Crippen molar-refractivity contribution >= 4 is 39.1 Å². The molecule has 1 N–H and O–H groups in total. The van der Waals surface area contributed by atoms with Crippen molar-refractivity contribution in [1.29, 1.82) is 0 Å². The predicted molar refractivity (Wildman–Crippen MR) is 162 cm³/mol. The molecule has 3 aromatic rings. The second-order valence-corrected chi connectivity index (χ2v) is 12.6. The summed E-state index contributed by atoms with van der Waals surface area (Å²) in [7, 11) is -3.83. The fourth-order valence-electron chi connectivity index (χ4n) is 4.51. The van der Waals surface area contributed by atoms with E-state index in [1.807, 2.05) is 70.2 Å². The van der Waals surface area contributed by atoms with E-state index < -0.39 is 28.5 Å². The van der Waals surface area contributed by atoms with E-state index in [0.29, 0.717) is 16.3 Å². The molecule has 0 aliphatic rings. The number of carbonyl (C=O) groups is 2. The highest BCUT2D eigenvalue weighted by atomic mass is 35.5. The molecule has 0 bridgehead atoms. The van der Waals surface area contributed by atoms with Gasteiger partial charge in [0.05, 0.1) is 11.9 Å². The van der Waals surface area contributed by atoms with Crippen molar-refractivity contribution in [2.45, 2.75) is 59.2 Å². The standard InChI is InChI=1S/C31H38ClN3O4S/c1-6-24(4)33-31(37)29(19-25-12-8-7-9-13-25)34(20-26-14-10-11-15-28(26)32)30(36)21-35(40(5,38)39)27-17-22(2)16-23(3)18-27/h7-18,24,29H,6,19-21H2,1-5H3,(H,33,37)/t24-,29-/m1/s1. The zero-order valence-corrected chi connectivity index (χ0v) is 25.3. The normalized spacial score (nSPS) is 12.8. The molecular formula is C31H38ClN3O4S. The van der Waals surface area contributed by atoms with Gasteiger partial charge in [0.2, 0.25) is 21.8 Å². The van der Waals surface area contributed by atoms with E-state index in [1.165, 1.54) is 4.90 Å². The zero-order valence-electron chi connectivity index (χ0n) is 23.7. The summed E-state index contributed by atoms with van der Waals surface area (Å²) in [6, 6.07) is 21.0. The molecule has 0 saturated heterocycles. The van der Waals surface area contributed by atoms with Gasteiger partial charge in [-0.25, -0.2) is 8.42 Å². The van der Waals surface area contributed by atoms with Crippen molar-refractivity contribution in [2.24, 2.45) is 0 Å². The van der Waals surface area contributed by atoms with Gasteiger partial charge in [0.15, 0.2) is 0 Å². The van der Waals surface area contributed by atoms with Crippen LogP contribution in [0.4, 0.5) is 5.69 Å². The van der Waals surface area contributed by atoms with Gasteiger partial charge in [0, 0.05) is 24.0 Å². The number of rotatable bonds is 12. The SMILES string of the molecule is CC[C@@H](C)NC(=O)[C@@H](Cc1ccccc1)N(Cc1ccccc1Cl)C(=O)CN(c1cc(C)cc(C)c1)S(C)(=O)=O. The molecule has 0 unspecified atom stereocenters. The number of sulfonamides is 1. The molecule has 0 fully saturated rings. The van der Waals surface area contributed by atoms with Crippen molar-refractivity contribution in [3.63, 3.8) is 0 Å². The Hall–Kier alpha value is -3.36. The quantitative estimate of drug-likeness (QED) is 0.314. The molecule has 0 aromatic heterocycles. The molecule has 214 valence electrons. The first-order chi connectivity index (χ1) is 18.9. The first-order valence-electron chi connectivity index (χ1n) is 13.3. The number of nitrogens with one attached hydrogen (secondary N) is 1. The molecule has 0 heterocycles. The van der Waals surface area contributed by atoms with E-state index in [2.05, 4.69) is 5.32 Å². The molecule has 2 amide bonds. The van der Waals surface area contributed by atoms with Crippen molar-refractivity contribution in [1.82, 2.24) is 10.2 Å². The van der Waals surface area contributed by atoms with Gasteiger partial charge in [-0.2, -0.15) is 0 Å². The van der Waals surface area contributed by atoms with Gasteiger partial charge in [0.25, 0.3) is 0 Å². The van der Waals surface area contributed by atoms with Crippen LogP contribution in [0.2, 0.25) is 5.02 Å². The third-order valence-corrected chi connectivity index (χ3v) is 8.25. The van der Waals surface area contributed by atoms with E-state index in [0.717, 1.165) is 33.7 Å². The molecule has 0 saturated carbocycles. The summed E-state index contributed by atoms with van der Waals surface area (Å²) >= 11 is 6.49. The highest BCUT2D eigenvalue weighted by Crippen LogP contribution is 2.24. The van der Waals surface area contributed by atoms with Crippen LogP contribution in [0.1, 0.15) is 42.5 Å². The molecule has 0 spiro atoms. The number of nitrogens with zero attached hydrogens (tertiary/aromatic N) is 2.